The summed E-state index contributed by atoms with van der Waals surface area (Å²) in [6, 6.07) is 8.96. The molecule has 164 valence electrons. The molecule has 2 aromatic carbocycles. The number of hydrogen-bond donors (Lipinski definition) is 3. The molecule has 0 bridgehead atoms. The Labute approximate surface area is 178 Å². The highest BCUT2D eigenvalue weighted by molar-refractivity contribution is 6.04. The summed E-state index contributed by atoms with van der Waals surface area (Å²) < 4.78 is 10.3. The quantitative estimate of drug-likeness (QED) is 0.180. The molecule has 0 atom stereocenters. The van der Waals surface area contributed by atoms with E-state index in [1.54, 1.807) is 12.1 Å². The van der Waals surface area contributed by atoms with Crippen LogP contribution in [0.2, 0.25) is 0 Å². The summed E-state index contributed by atoms with van der Waals surface area (Å²) in [4.78, 5) is 23.1. The lowest BCUT2D eigenvalue weighted by Crippen LogP contribution is -2.15. The molecule has 0 saturated carbocycles. The molecule has 0 aromatic heterocycles. The van der Waals surface area contributed by atoms with Gasteiger partial charge in [0.05, 0.1) is 30.9 Å². The molecule has 31 heavy (non-hydrogen) atoms. The van der Waals surface area contributed by atoms with Gasteiger partial charge in [0.1, 0.15) is 17.2 Å². The number of azo groups is 1. The molecule has 0 aliphatic rings. The largest absolute Gasteiger partial charge is 0.510 e. The number of nitrogens with one attached hydrogen (secondary N) is 1. The third-order valence-corrected chi connectivity index (χ3v) is 4.13. The normalized spacial score (nSPS) is 11.7. The van der Waals surface area contributed by atoms with E-state index in [1.807, 2.05) is 6.07 Å². The van der Waals surface area contributed by atoms with Crippen LogP contribution in [-0.2, 0) is 11.2 Å². The van der Waals surface area contributed by atoms with Gasteiger partial charge in [-0.1, -0.05) is 6.07 Å². The van der Waals surface area contributed by atoms with Crippen molar-refractivity contribution in [2.24, 2.45) is 16.0 Å². The van der Waals surface area contributed by atoms with Gasteiger partial charge in [-0.15, -0.1) is 10.2 Å². The molecule has 0 aliphatic carbocycles. The number of nitrogens with two attached hydrogens (primary N) is 1. The van der Waals surface area contributed by atoms with Crippen molar-refractivity contribution in [2.45, 2.75) is 13.3 Å². The zero-order valence-electron chi connectivity index (χ0n) is 17.3. The first kappa shape index (κ1) is 23.3. The van der Waals surface area contributed by atoms with Crippen LogP contribution >= 0.6 is 0 Å². The molecule has 0 saturated heterocycles. The number of carbonyl (C=O) groups excluding carboxylic acids is 1. The summed E-state index contributed by atoms with van der Waals surface area (Å²) in [5.41, 5.74) is 6.44. The van der Waals surface area contributed by atoms with Crippen LogP contribution in [0.4, 0.5) is 17.1 Å². The molecular weight excluding hydrogens is 406 g/mol. The summed E-state index contributed by atoms with van der Waals surface area (Å²) in [5, 5.41) is 31.2. The van der Waals surface area contributed by atoms with Crippen molar-refractivity contribution in [2.75, 3.05) is 26.1 Å². The maximum absolute atomic E-state index is 12.7. The van der Waals surface area contributed by atoms with Crippen LogP contribution in [-0.4, -0.2) is 36.7 Å². The maximum Gasteiger partial charge on any atom is 0.279 e. The van der Waals surface area contributed by atoms with Crippen LogP contribution < -0.4 is 20.5 Å². The summed E-state index contributed by atoms with van der Waals surface area (Å²) in [5.74, 6) is -0.602. The van der Waals surface area contributed by atoms with Crippen LogP contribution in [0.1, 0.15) is 12.5 Å². The van der Waals surface area contributed by atoms with Crippen LogP contribution in [0.3, 0.4) is 0 Å². The highest BCUT2D eigenvalue weighted by Gasteiger charge is 2.17. The Morgan fingerprint density at radius 2 is 1.90 bits per heavy atom. The first-order valence-corrected chi connectivity index (χ1v) is 9.13. The molecule has 11 nitrogen and oxygen atoms in total. The first-order chi connectivity index (χ1) is 14.8. The fourth-order valence-electron chi connectivity index (χ4n) is 2.60. The third kappa shape index (κ3) is 6.00. The number of nitro groups is 1. The predicted octanol–water partition coefficient (Wildman–Crippen LogP) is 3.63. The van der Waals surface area contributed by atoms with Gasteiger partial charge in [-0.2, -0.15) is 0 Å². The lowest BCUT2D eigenvalue weighted by molar-refractivity contribution is -0.384. The van der Waals surface area contributed by atoms with E-state index in [4.69, 9.17) is 15.2 Å². The molecule has 0 radical (unpaired) electrons. The van der Waals surface area contributed by atoms with Gasteiger partial charge in [0.15, 0.2) is 11.4 Å². The number of aliphatic hydroxyl groups excluding tert-OH is 1. The highest BCUT2D eigenvalue weighted by Crippen LogP contribution is 2.32. The number of nitro benzene ring substituents is 1. The summed E-state index contributed by atoms with van der Waals surface area (Å²) in [7, 11) is 2.78. The Balaban J connectivity index is 2.32. The lowest BCUT2D eigenvalue weighted by atomic mass is 10.1. The molecule has 11 heteroatoms. The molecule has 4 N–H and O–H groups in total. The number of anilines is 1. The molecule has 0 unspecified atom stereocenters. The number of hydrogen-bond acceptors (Lipinski definition) is 9. The molecular formula is C20H23N5O6. The van der Waals surface area contributed by atoms with E-state index in [1.165, 1.54) is 39.3 Å². The number of amides is 1. The number of carbonyl (C=O) groups is 1. The van der Waals surface area contributed by atoms with Crippen LogP contribution in [0.25, 0.3) is 0 Å². The third-order valence-electron chi connectivity index (χ3n) is 4.13. The minimum Gasteiger partial charge on any atom is -0.510 e. The van der Waals surface area contributed by atoms with Crippen LogP contribution in [0, 0.1) is 10.1 Å². The van der Waals surface area contributed by atoms with Crippen LogP contribution in [0.5, 0.6) is 11.5 Å². The van der Waals surface area contributed by atoms with Crippen molar-refractivity contribution in [1.82, 2.24) is 0 Å². The first-order valence-electron chi connectivity index (χ1n) is 9.13. The van der Waals surface area contributed by atoms with E-state index in [0.717, 1.165) is 5.56 Å². The fourth-order valence-corrected chi connectivity index (χ4v) is 2.60. The standard InChI is InChI=1S/C20H23N5O6/c1-12(26)19(24-23-15-6-5-14(25(28)29)11-18(15)31-3)20(27)22-16-10-13(8-9-21)4-7-17(16)30-2/h4-7,10-11,26H,8-9,21H2,1-3H3,(H,22,27). The SMILES string of the molecule is COc1cc([N+](=O)[O-])ccc1N=NC(C(=O)Nc1cc(CCN)ccc1OC)=C(C)O. The molecule has 0 aliphatic heterocycles. The monoisotopic (exact) mass is 429 g/mol. The van der Waals surface area contributed by atoms with Gasteiger partial charge in [-0.3, -0.25) is 14.9 Å². The van der Waals surface area contributed by atoms with E-state index in [-0.39, 0.29) is 28.6 Å². The lowest BCUT2D eigenvalue weighted by Gasteiger charge is -2.12. The second-order valence-corrected chi connectivity index (χ2v) is 6.27. The van der Waals surface area contributed by atoms with E-state index in [9.17, 15) is 20.0 Å². The van der Waals surface area contributed by atoms with Gasteiger partial charge < -0.3 is 25.6 Å². The molecule has 2 aromatic rings. The van der Waals surface area contributed by atoms with Gasteiger partial charge in [-0.05, 0) is 43.7 Å². The van der Waals surface area contributed by atoms with Crippen molar-refractivity contribution < 1.29 is 24.3 Å². The maximum atomic E-state index is 12.7. The van der Waals surface area contributed by atoms with Crippen molar-refractivity contribution in [3.05, 3.63) is 63.5 Å². The second-order valence-electron chi connectivity index (χ2n) is 6.27. The van der Waals surface area contributed by atoms with Crippen LogP contribution in [0.15, 0.2) is 58.1 Å². The van der Waals surface area contributed by atoms with E-state index < -0.39 is 10.8 Å². The van der Waals surface area contributed by atoms with E-state index in [0.29, 0.717) is 24.4 Å². The Hall–Kier alpha value is -3.99. The van der Waals surface area contributed by atoms with Gasteiger partial charge in [0.25, 0.3) is 11.6 Å². The average molecular weight is 429 g/mol. The minimum absolute atomic E-state index is 0.0875. The highest BCUT2D eigenvalue weighted by atomic mass is 16.6. The molecule has 0 spiro atoms. The molecule has 0 fully saturated rings. The van der Waals surface area contributed by atoms with Gasteiger partial charge in [0.2, 0.25) is 0 Å². The molecule has 0 heterocycles. The zero-order valence-corrected chi connectivity index (χ0v) is 17.3. The summed E-state index contributed by atoms with van der Waals surface area (Å²) in [6.45, 7) is 1.72. The number of benzene rings is 2. The van der Waals surface area contributed by atoms with Gasteiger partial charge in [-0.25, -0.2) is 0 Å². The van der Waals surface area contributed by atoms with E-state index in [2.05, 4.69) is 15.5 Å². The summed E-state index contributed by atoms with van der Waals surface area (Å²) in [6.07, 6.45) is 0.605. The number of ether oxygens (including phenoxy) is 2. The van der Waals surface area contributed by atoms with Crippen molar-refractivity contribution in [3.63, 3.8) is 0 Å². The Bertz CT molecular complexity index is 1030. The zero-order chi connectivity index (χ0) is 23.0. The number of nitrogens with zero attached hydrogens (tertiary/aromatic N) is 3. The Morgan fingerprint density at radius 1 is 1.19 bits per heavy atom. The van der Waals surface area contributed by atoms with Gasteiger partial charge in [0, 0.05) is 6.07 Å². The minimum atomic E-state index is -0.729. The average Bonchev–Trinajstić information content (AvgIpc) is 2.74. The molecule has 2 rings (SSSR count). The van der Waals surface area contributed by atoms with Gasteiger partial charge >= 0.3 is 0 Å². The molecule has 1 amide bonds. The Morgan fingerprint density at radius 3 is 2.48 bits per heavy atom. The number of non-ortho nitro benzene ring substituents is 1. The number of aliphatic hydroxyl groups is 1. The number of allylic oxidation sites excluding steroid dienone is 1. The smallest absolute Gasteiger partial charge is 0.279 e. The van der Waals surface area contributed by atoms with Crippen molar-refractivity contribution in [3.8, 4) is 11.5 Å². The second kappa shape index (κ2) is 10.7. The Kier molecular flexibility index (Phi) is 8.03. The predicted molar refractivity (Wildman–Crippen MR) is 114 cm³/mol. The van der Waals surface area contributed by atoms with Crippen molar-refractivity contribution >= 4 is 23.0 Å². The van der Waals surface area contributed by atoms with Crippen molar-refractivity contribution in [1.29, 1.82) is 0 Å². The number of rotatable bonds is 9. The topological polar surface area (TPSA) is 162 Å². The van der Waals surface area contributed by atoms with E-state index >= 15 is 0 Å². The fraction of sp³-hybridized carbons (Fsp3) is 0.250. The number of methoxy groups -OCH3 is 2. The summed E-state index contributed by atoms with van der Waals surface area (Å²) >= 11 is 0.